The van der Waals surface area contributed by atoms with E-state index in [0.29, 0.717) is 5.02 Å². The molecule has 0 spiro atoms. The molecule has 1 amide bonds. The van der Waals surface area contributed by atoms with Gasteiger partial charge in [0.1, 0.15) is 12.4 Å². The molecule has 110 valence electrons. The predicted molar refractivity (Wildman–Crippen MR) is 69.0 cm³/mol. The number of rotatable bonds is 6. The van der Waals surface area contributed by atoms with Crippen LogP contribution in [0.4, 0.5) is 4.39 Å². The molecule has 1 aromatic carbocycles. The largest absolute Gasteiger partial charge is 0.480 e. The van der Waals surface area contributed by atoms with Crippen LogP contribution in [0.25, 0.3) is 0 Å². The van der Waals surface area contributed by atoms with Crippen molar-refractivity contribution in [2.45, 2.75) is 10.9 Å². The predicted octanol–water partition coefficient (Wildman–Crippen LogP) is 0.653. The third-order valence-corrected chi connectivity index (χ3v) is 4.17. The molecule has 0 saturated heterocycles. The Morgan fingerprint density at radius 3 is 2.30 bits per heavy atom. The lowest BCUT2D eigenvalue weighted by atomic mass is 10.3. The van der Waals surface area contributed by atoms with Crippen LogP contribution in [0.1, 0.15) is 0 Å². The zero-order valence-corrected chi connectivity index (χ0v) is 11.6. The number of benzene rings is 1. The molecule has 6 nitrogen and oxygen atoms in total. The fourth-order valence-electron chi connectivity index (χ4n) is 1.30. The van der Waals surface area contributed by atoms with Gasteiger partial charge in [0.25, 0.3) is 0 Å². The number of aliphatic carboxylic acids is 1. The molecule has 1 aromatic rings. The smallest absolute Gasteiger partial charge is 0.328 e. The first-order valence-corrected chi connectivity index (χ1v) is 7.35. The summed E-state index contributed by atoms with van der Waals surface area (Å²) in [5.41, 5.74) is 0. The van der Waals surface area contributed by atoms with Crippen LogP contribution in [0, 0.1) is 0 Å². The Kier molecular flexibility index (Phi) is 5.46. The zero-order valence-electron chi connectivity index (χ0n) is 10.0. The highest BCUT2D eigenvalue weighted by Gasteiger charge is 2.24. The Morgan fingerprint density at radius 1 is 1.30 bits per heavy atom. The quantitative estimate of drug-likeness (QED) is 0.800. The van der Waals surface area contributed by atoms with Gasteiger partial charge in [0.2, 0.25) is 5.91 Å². The average molecular weight is 324 g/mol. The van der Waals surface area contributed by atoms with Gasteiger partial charge >= 0.3 is 5.97 Å². The highest BCUT2D eigenvalue weighted by atomic mass is 35.5. The van der Waals surface area contributed by atoms with Crippen LogP contribution in [0.3, 0.4) is 0 Å². The van der Waals surface area contributed by atoms with Gasteiger partial charge in [-0.1, -0.05) is 11.6 Å². The van der Waals surface area contributed by atoms with Crippen molar-refractivity contribution in [2.75, 3.05) is 12.4 Å². The molecule has 0 aliphatic carbocycles. The third kappa shape index (κ3) is 4.46. The van der Waals surface area contributed by atoms with Gasteiger partial charge in [0, 0.05) is 5.02 Å². The standard InChI is InChI=1S/C11H11ClFNO5S/c12-7-1-3-8(4-2-7)20(18,19)6-10(15)14-9(5-13)11(16)17/h1-4,9H,5-6H2,(H,14,15)(H,16,17). The lowest BCUT2D eigenvalue weighted by Gasteiger charge is -2.11. The minimum atomic E-state index is -3.94. The maximum atomic E-state index is 12.3. The van der Waals surface area contributed by atoms with E-state index in [-0.39, 0.29) is 4.90 Å². The van der Waals surface area contributed by atoms with E-state index in [1.54, 1.807) is 5.32 Å². The third-order valence-electron chi connectivity index (χ3n) is 2.28. The normalized spacial score (nSPS) is 12.7. The summed E-state index contributed by atoms with van der Waals surface area (Å²) in [6, 6.07) is 3.36. The van der Waals surface area contributed by atoms with E-state index in [1.165, 1.54) is 24.3 Å². The topological polar surface area (TPSA) is 101 Å². The summed E-state index contributed by atoms with van der Waals surface area (Å²) >= 11 is 5.61. The Labute approximate surface area is 119 Å². The Morgan fingerprint density at radius 2 is 1.85 bits per heavy atom. The van der Waals surface area contributed by atoms with Crippen LogP contribution >= 0.6 is 11.6 Å². The molecule has 20 heavy (non-hydrogen) atoms. The van der Waals surface area contributed by atoms with Crippen molar-refractivity contribution in [3.8, 4) is 0 Å². The highest BCUT2D eigenvalue weighted by Crippen LogP contribution is 2.15. The van der Waals surface area contributed by atoms with Crippen LogP contribution in [0.5, 0.6) is 0 Å². The number of carboxylic acid groups (broad SMARTS) is 1. The van der Waals surface area contributed by atoms with E-state index in [9.17, 15) is 22.4 Å². The average Bonchev–Trinajstić information content (AvgIpc) is 2.35. The minimum Gasteiger partial charge on any atom is -0.480 e. The number of carbonyl (C=O) groups is 2. The SMILES string of the molecule is O=C(CS(=O)(=O)c1ccc(Cl)cc1)NC(CF)C(=O)O. The number of nitrogens with one attached hydrogen (secondary N) is 1. The van der Waals surface area contributed by atoms with Crippen LogP contribution < -0.4 is 5.32 Å². The highest BCUT2D eigenvalue weighted by molar-refractivity contribution is 7.92. The maximum absolute atomic E-state index is 12.3. The molecule has 2 N–H and O–H groups in total. The molecule has 0 bridgehead atoms. The van der Waals surface area contributed by atoms with Gasteiger partial charge in [0.15, 0.2) is 15.9 Å². The number of carbonyl (C=O) groups excluding carboxylic acids is 1. The van der Waals surface area contributed by atoms with Crippen molar-refractivity contribution >= 4 is 33.3 Å². The molecule has 0 saturated carbocycles. The summed E-state index contributed by atoms with van der Waals surface area (Å²) < 4.78 is 36.0. The molecule has 0 radical (unpaired) electrons. The minimum absolute atomic E-state index is 0.135. The van der Waals surface area contributed by atoms with E-state index in [1.807, 2.05) is 0 Å². The number of carboxylic acids is 1. The number of hydrogen-bond acceptors (Lipinski definition) is 4. The van der Waals surface area contributed by atoms with Crippen LogP contribution in [-0.2, 0) is 19.4 Å². The van der Waals surface area contributed by atoms with Gasteiger partial charge in [-0.05, 0) is 24.3 Å². The molecule has 0 fully saturated rings. The van der Waals surface area contributed by atoms with E-state index in [0.717, 1.165) is 0 Å². The monoisotopic (exact) mass is 323 g/mol. The summed E-state index contributed by atoms with van der Waals surface area (Å²) in [4.78, 5) is 21.8. The molecule has 0 aliphatic rings. The first-order valence-electron chi connectivity index (χ1n) is 5.32. The summed E-state index contributed by atoms with van der Waals surface area (Å²) in [5.74, 6) is -3.65. The van der Waals surface area contributed by atoms with E-state index in [2.05, 4.69) is 0 Å². The van der Waals surface area contributed by atoms with Crippen LogP contribution in [-0.4, -0.2) is 43.9 Å². The van der Waals surface area contributed by atoms with Crippen molar-refractivity contribution < 1.29 is 27.5 Å². The summed E-state index contributed by atoms with van der Waals surface area (Å²) in [6.45, 7) is -1.33. The lowest BCUT2D eigenvalue weighted by molar-refractivity contribution is -0.141. The number of hydrogen-bond donors (Lipinski definition) is 2. The van der Waals surface area contributed by atoms with E-state index < -0.39 is 40.2 Å². The summed E-state index contributed by atoms with van der Waals surface area (Å²) in [6.07, 6.45) is 0. The fourth-order valence-corrected chi connectivity index (χ4v) is 2.57. The van der Waals surface area contributed by atoms with Gasteiger partial charge < -0.3 is 10.4 Å². The van der Waals surface area contributed by atoms with Gasteiger partial charge in [-0.25, -0.2) is 17.6 Å². The number of amides is 1. The molecule has 0 aromatic heterocycles. The molecular weight excluding hydrogens is 313 g/mol. The first-order chi connectivity index (χ1) is 9.26. The van der Waals surface area contributed by atoms with Gasteiger partial charge in [0.05, 0.1) is 4.90 Å². The number of alkyl halides is 1. The van der Waals surface area contributed by atoms with Crippen molar-refractivity contribution in [1.82, 2.24) is 5.32 Å². The van der Waals surface area contributed by atoms with Crippen LogP contribution in [0.15, 0.2) is 29.2 Å². The van der Waals surface area contributed by atoms with E-state index >= 15 is 0 Å². The molecule has 0 heterocycles. The van der Waals surface area contributed by atoms with Crippen molar-refractivity contribution in [3.05, 3.63) is 29.3 Å². The fraction of sp³-hybridized carbons (Fsp3) is 0.273. The van der Waals surface area contributed by atoms with Crippen molar-refractivity contribution in [3.63, 3.8) is 0 Å². The Balaban J connectivity index is 2.78. The number of halogens is 2. The van der Waals surface area contributed by atoms with Gasteiger partial charge in [-0.15, -0.1) is 0 Å². The lowest BCUT2D eigenvalue weighted by Crippen LogP contribution is -2.44. The second-order valence-corrected chi connectivity index (χ2v) is 6.25. The van der Waals surface area contributed by atoms with Crippen molar-refractivity contribution in [1.29, 1.82) is 0 Å². The second kappa shape index (κ2) is 6.67. The molecule has 1 rings (SSSR count). The molecule has 9 heteroatoms. The summed E-state index contributed by atoms with van der Waals surface area (Å²) in [5, 5.41) is 10.7. The molecular formula is C11H11ClFNO5S. The maximum Gasteiger partial charge on any atom is 0.328 e. The zero-order chi connectivity index (χ0) is 15.3. The number of sulfone groups is 1. The van der Waals surface area contributed by atoms with E-state index in [4.69, 9.17) is 16.7 Å². The van der Waals surface area contributed by atoms with Crippen molar-refractivity contribution in [2.24, 2.45) is 0 Å². The van der Waals surface area contributed by atoms with Gasteiger partial charge in [-0.3, -0.25) is 4.79 Å². The Hall–Kier alpha value is -1.67. The summed E-state index contributed by atoms with van der Waals surface area (Å²) in [7, 11) is -3.94. The first kappa shape index (κ1) is 16.4. The molecule has 1 unspecified atom stereocenters. The molecule has 1 atom stereocenters. The Bertz CT molecular complexity index is 602. The van der Waals surface area contributed by atoms with Gasteiger partial charge in [-0.2, -0.15) is 0 Å². The second-order valence-electron chi connectivity index (χ2n) is 3.83. The molecule has 0 aliphatic heterocycles. The van der Waals surface area contributed by atoms with Crippen LogP contribution in [0.2, 0.25) is 5.02 Å².